The van der Waals surface area contributed by atoms with Crippen LogP contribution in [0.1, 0.15) is 54.9 Å². The minimum absolute atomic E-state index is 0.0950. The van der Waals surface area contributed by atoms with E-state index >= 15 is 4.39 Å². The Kier molecular flexibility index (Phi) is 9.36. The summed E-state index contributed by atoms with van der Waals surface area (Å²) in [6.07, 6.45) is 8.43. The largest absolute Gasteiger partial charge is 0.472 e. The first-order valence-electron chi connectivity index (χ1n) is 11.7. The van der Waals surface area contributed by atoms with E-state index in [0.717, 1.165) is 37.7 Å². The van der Waals surface area contributed by atoms with Gasteiger partial charge in [0.1, 0.15) is 23.3 Å². The highest BCUT2D eigenvalue weighted by atomic mass is 19.4. The van der Waals surface area contributed by atoms with Gasteiger partial charge in [-0.25, -0.2) is 4.98 Å². The molecule has 200 valence electrons. The predicted molar refractivity (Wildman–Crippen MR) is 129 cm³/mol. The SMILES string of the molecule is Cc1nc(OC2CCCCC2)c(F)c(C(=N)c2c(NCc3cnn(C)c3)ccc(=O)n2C)n1.FC(F)F. The summed E-state index contributed by atoms with van der Waals surface area (Å²) in [6.45, 7) is -1.61. The van der Waals surface area contributed by atoms with Crippen molar-refractivity contribution in [3.8, 4) is 5.88 Å². The van der Waals surface area contributed by atoms with E-state index in [1.54, 1.807) is 30.9 Å². The molecule has 0 spiro atoms. The molecule has 1 aliphatic rings. The molecular formula is C24H29F4N7O2. The number of pyridine rings is 1. The van der Waals surface area contributed by atoms with Crippen molar-refractivity contribution in [1.29, 1.82) is 5.41 Å². The summed E-state index contributed by atoms with van der Waals surface area (Å²) in [5.41, 5.74) is 0.935. The van der Waals surface area contributed by atoms with E-state index < -0.39 is 12.5 Å². The third-order valence-corrected chi connectivity index (χ3v) is 5.79. The zero-order valence-electron chi connectivity index (χ0n) is 20.8. The summed E-state index contributed by atoms with van der Waals surface area (Å²) in [7, 11) is 3.37. The Labute approximate surface area is 211 Å². The fourth-order valence-electron chi connectivity index (χ4n) is 4.07. The number of hydrogen-bond donors (Lipinski definition) is 2. The molecule has 0 aliphatic heterocycles. The smallest absolute Gasteiger partial charge is 0.379 e. The van der Waals surface area contributed by atoms with Gasteiger partial charge in [-0.2, -0.15) is 27.6 Å². The topological polar surface area (TPSA) is 111 Å². The molecule has 3 aromatic heterocycles. The van der Waals surface area contributed by atoms with Crippen LogP contribution in [0, 0.1) is 18.2 Å². The lowest BCUT2D eigenvalue weighted by molar-refractivity contribution is 0.00819. The summed E-state index contributed by atoms with van der Waals surface area (Å²) in [6, 6.07) is 3.00. The van der Waals surface area contributed by atoms with Crippen molar-refractivity contribution in [2.24, 2.45) is 14.1 Å². The number of nitrogens with one attached hydrogen (secondary N) is 2. The third-order valence-electron chi connectivity index (χ3n) is 5.79. The van der Waals surface area contributed by atoms with Crippen LogP contribution in [-0.4, -0.2) is 42.8 Å². The second-order valence-electron chi connectivity index (χ2n) is 8.61. The minimum atomic E-state index is -3.67. The Morgan fingerprint density at radius 1 is 1.19 bits per heavy atom. The molecule has 1 fully saturated rings. The number of nitrogens with zero attached hydrogens (tertiary/aromatic N) is 5. The Morgan fingerprint density at radius 3 is 2.49 bits per heavy atom. The lowest BCUT2D eigenvalue weighted by Crippen LogP contribution is -2.26. The molecular weight excluding hydrogens is 494 g/mol. The van der Waals surface area contributed by atoms with E-state index in [4.69, 9.17) is 10.1 Å². The minimum Gasteiger partial charge on any atom is -0.472 e. The fraction of sp³-hybridized carbons (Fsp3) is 0.458. The molecule has 1 aliphatic carbocycles. The van der Waals surface area contributed by atoms with Gasteiger partial charge in [-0.05, 0) is 38.7 Å². The number of hydrogen-bond acceptors (Lipinski definition) is 7. The average molecular weight is 524 g/mol. The van der Waals surface area contributed by atoms with Crippen LogP contribution in [0.2, 0.25) is 0 Å². The molecule has 37 heavy (non-hydrogen) atoms. The lowest BCUT2D eigenvalue weighted by atomic mass is 9.98. The highest BCUT2D eigenvalue weighted by Crippen LogP contribution is 2.27. The second-order valence-corrected chi connectivity index (χ2v) is 8.61. The Bertz CT molecular complexity index is 1280. The molecule has 0 radical (unpaired) electrons. The predicted octanol–water partition coefficient (Wildman–Crippen LogP) is 4.27. The first-order chi connectivity index (χ1) is 17.6. The monoisotopic (exact) mass is 523 g/mol. The molecule has 9 nitrogen and oxygen atoms in total. The number of aryl methyl sites for hydroxylation is 2. The van der Waals surface area contributed by atoms with Gasteiger partial charge in [0.05, 0.1) is 17.6 Å². The molecule has 2 N–H and O–H groups in total. The van der Waals surface area contributed by atoms with Gasteiger partial charge in [-0.15, -0.1) is 0 Å². The van der Waals surface area contributed by atoms with Crippen LogP contribution < -0.4 is 15.6 Å². The number of halogens is 4. The number of rotatable bonds is 7. The summed E-state index contributed by atoms with van der Waals surface area (Å²) < 4.78 is 53.3. The van der Waals surface area contributed by atoms with Gasteiger partial charge in [0.15, 0.2) is 0 Å². The van der Waals surface area contributed by atoms with E-state index in [2.05, 4.69) is 20.4 Å². The lowest BCUT2D eigenvalue weighted by Gasteiger charge is -2.23. The molecule has 0 unspecified atom stereocenters. The Morgan fingerprint density at radius 2 is 1.86 bits per heavy atom. The van der Waals surface area contributed by atoms with Gasteiger partial charge in [-0.1, -0.05) is 6.42 Å². The van der Waals surface area contributed by atoms with Gasteiger partial charge in [-0.3, -0.25) is 14.9 Å². The summed E-state index contributed by atoms with van der Waals surface area (Å²) in [4.78, 5) is 20.7. The molecule has 0 aromatic carbocycles. The van der Waals surface area contributed by atoms with Crippen molar-refractivity contribution in [3.05, 3.63) is 63.5 Å². The van der Waals surface area contributed by atoms with Gasteiger partial charge < -0.3 is 14.6 Å². The molecule has 0 atom stereocenters. The van der Waals surface area contributed by atoms with Crippen LogP contribution in [0.3, 0.4) is 0 Å². The maximum absolute atomic E-state index is 15.5. The van der Waals surface area contributed by atoms with Crippen LogP contribution in [0.4, 0.5) is 23.2 Å². The van der Waals surface area contributed by atoms with Crippen molar-refractivity contribution in [3.63, 3.8) is 0 Å². The third kappa shape index (κ3) is 7.37. The fourth-order valence-corrected chi connectivity index (χ4v) is 4.07. The van der Waals surface area contributed by atoms with E-state index in [0.29, 0.717) is 18.1 Å². The standard InChI is InChI=1S/C23H28FN7O2.CHF3/c1-14-28-21(19(24)23(29-14)33-16-7-5-4-6-8-16)20(25)22-17(9-10-18(32)31(22)3)26-11-15-12-27-30(2)13-15;2-1(3)4/h9-10,12-13,16,25-26H,4-8,11H2,1-3H3;1H. The van der Waals surface area contributed by atoms with E-state index in [-0.39, 0.29) is 34.6 Å². The maximum atomic E-state index is 15.5. The van der Waals surface area contributed by atoms with Crippen LogP contribution in [0.15, 0.2) is 29.3 Å². The first kappa shape index (κ1) is 27.8. The highest BCUT2D eigenvalue weighted by molar-refractivity contribution is 6.12. The van der Waals surface area contributed by atoms with Crippen LogP contribution in [0.5, 0.6) is 5.88 Å². The normalized spacial score (nSPS) is 13.7. The molecule has 4 rings (SSSR count). The van der Waals surface area contributed by atoms with Crippen molar-refractivity contribution in [2.75, 3.05) is 5.32 Å². The van der Waals surface area contributed by atoms with E-state index in [1.165, 1.54) is 10.6 Å². The quantitative estimate of drug-likeness (QED) is 0.354. The molecule has 3 aromatic rings. The van der Waals surface area contributed by atoms with Crippen molar-refractivity contribution >= 4 is 11.4 Å². The number of ether oxygens (including phenoxy) is 1. The van der Waals surface area contributed by atoms with Gasteiger partial charge in [0, 0.05) is 38.5 Å². The Hall–Kier alpha value is -3.77. The average Bonchev–Trinajstić information content (AvgIpc) is 3.27. The zero-order valence-corrected chi connectivity index (χ0v) is 20.8. The summed E-state index contributed by atoms with van der Waals surface area (Å²) in [5.74, 6) is -0.626. The number of aromatic nitrogens is 5. The first-order valence-corrected chi connectivity index (χ1v) is 11.7. The number of alkyl halides is 3. The molecule has 0 bridgehead atoms. The van der Waals surface area contributed by atoms with Gasteiger partial charge in [0.25, 0.3) is 11.4 Å². The van der Waals surface area contributed by atoms with Crippen molar-refractivity contribution in [2.45, 2.75) is 58.4 Å². The molecule has 0 saturated heterocycles. The van der Waals surface area contributed by atoms with Crippen LogP contribution >= 0.6 is 0 Å². The summed E-state index contributed by atoms with van der Waals surface area (Å²) >= 11 is 0. The van der Waals surface area contributed by atoms with E-state index in [1.807, 2.05) is 13.2 Å². The molecule has 0 amide bonds. The van der Waals surface area contributed by atoms with Gasteiger partial charge in [0.2, 0.25) is 5.82 Å². The highest BCUT2D eigenvalue weighted by Gasteiger charge is 2.25. The van der Waals surface area contributed by atoms with Crippen molar-refractivity contribution in [1.82, 2.24) is 24.3 Å². The number of anilines is 1. The zero-order chi connectivity index (χ0) is 27.1. The van der Waals surface area contributed by atoms with Gasteiger partial charge >= 0.3 is 6.68 Å². The van der Waals surface area contributed by atoms with E-state index in [9.17, 15) is 18.0 Å². The molecule has 3 heterocycles. The molecule has 13 heteroatoms. The van der Waals surface area contributed by atoms with Crippen molar-refractivity contribution < 1.29 is 22.3 Å². The molecule has 1 saturated carbocycles. The maximum Gasteiger partial charge on any atom is 0.379 e. The van der Waals surface area contributed by atoms with Crippen LogP contribution in [-0.2, 0) is 20.6 Å². The second kappa shape index (κ2) is 12.5. The van der Waals surface area contributed by atoms with Crippen LogP contribution in [0.25, 0.3) is 0 Å². The summed E-state index contributed by atoms with van der Waals surface area (Å²) in [5, 5.41) is 16.2. The Balaban J connectivity index is 0.000000886.